The molecule has 0 atom stereocenters. The molecule has 0 saturated heterocycles. The summed E-state index contributed by atoms with van der Waals surface area (Å²) in [5.74, 6) is 0.498. The van der Waals surface area contributed by atoms with Crippen LogP contribution in [-0.4, -0.2) is 18.5 Å². The number of nitrogens with one attached hydrogen (secondary N) is 1. The van der Waals surface area contributed by atoms with E-state index in [4.69, 9.17) is 21.1 Å². The fourth-order valence-electron chi connectivity index (χ4n) is 1.96. The van der Waals surface area contributed by atoms with Gasteiger partial charge in [0.2, 0.25) is 6.79 Å². The van der Waals surface area contributed by atoms with Gasteiger partial charge < -0.3 is 14.8 Å². The topological polar surface area (TPSA) is 64.6 Å². The molecule has 1 aromatic carbocycles. The average Bonchev–Trinajstić information content (AvgIpc) is 3.05. The van der Waals surface area contributed by atoms with Crippen LogP contribution < -0.4 is 14.8 Å². The van der Waals surface area contributed by atoms with Crippen LogP contribution in [0.3, 0.4) is 0 Å². The molecule has 3 rings (SSSR count). The maximum Gasteiger partial charge on any atom is 0.265 e. The zero-order valence-electron chi connectivity index (χ0n) is 10.9. The van der Waals surface area contributed by atoms with E-state index in [1.807, 2.05) is 0 Å². The molecule has 0 unspecified atom stereocenters. The Balaban J connectivity index is 1.94. The summed E-state index contributed by atoms with van der Waals surface area (Å²) in [6, 6.07) is 6.43. The second-order valence-corrected chi connectivity index (χ2v) is 6.08. The van der Waals surface area contributed by atoms with Crippen molar-refractivity contribution in [3.05, 3.63) is 39.0 Å². The zero-order chi connectivity index (χ0) is 15.0. The highest BCUT2D eigenvalue weighted by Crippen LogP contribution is 2.37. The lowest BCUT2D eigenvalue weighted by atomic mass is 10.1. The lowest BCUT2D eigenvalue weighted by Gasteiger charge is -2.09. The average molecular weight is 324 g/mol. The molecule has 0 spiro atoms. The number of hydrogen-bond acceptors (Lipinski definition) is 5. The van der Waals surface area contributed by atoms with Crippen molar-refractivity contribution >= 4 is 40.3 Å². The number of carbonyl (C=O) groups is 2. The van der Waals surface area contributed by atoms with Crippen molar-refractivity contribution < 1.29 is 19.1 Å². The molecule has 2 heterocycles. The van der Waals surface area contributed by atoms with Crippen LogP contribution in [-0.2, 0) is 0 Å². The van der Waals surface area contributed by atoms with Gasteiger partial charge in [-0.1, -0.05) is 11.6 Å². The van der Waals surface area contributed by atoms with Crippen LogP contribution in [0, 0.1) is 0 Å². The third-order valence-corrected chi connectivity index (χ3v) is 4.17. The van der Waals surface area contributed by atoms with Crippen LogP contribution in [0.1, 0.15) is 27.0 Å². The van der Waals surface area contributed by atoms with Gasteiger partial charge in [-0.05, 0) is 25.1 Å². The molecule has 2 aromatic rings. The molecule has 1 aromatic heterocycles. The van der Waals surface area contributed by atoms with E-state index in [2.05, 4.69) is 5.32 Å². The Labute approximate surface area is 129 Å². The first-order chi connectivity index (χ1) is 10.0. The highest BCUT2D eigenvalue weighted by molar-refractivity contribution is 7.18. The van der Waals surface area contributed by atoms with Crippen molar-refractivity contribution in [3.63, 3.8) is 0 Å². The molecule has 1 aliphatic heterocycles. The molecule has 0 saturated carbocycles. The first-order valence-corrected chi connectivity index (χ1v) is 7.25. The highest BCUT2D eigenvalue weighted by atomic mass is 35.5. The number of anilines is 1. The van der Waals surface area contributed by atoms with Gasteiger partial charge in [0.1, 0.15) is 0 Å². The van der Waals surface area contributed by atoms with Crippen molar-refractivity contribution in [2.75, 3.05) is 12.1 Å². The van der Waals surface area contributed by atoms with Crippen molar-refractivity contribution in [1.29, 1.82) is 0 Å². The number of Topliss-reactive ketones (excluding diaryl/α,β-unsaturated/α-hetero) is 1. The molecule has 1 N–H and O–H groups in total. The Kier molecular flexibility index (Phi) is 3.57. The van der Waals surface area contributed by atoms with E-state index in [9.17, 15) is 9.59 Å². The van der Waals surface area contributed by atoms with Crippen molar-refractivity contribution in [2.24, 2.45) is 0 Å². The fourth-order valence-corrected chi connectivity index (χ4v) is 2.90. The van der Waals surface area contributed by atoms with Gasteiger partial charge in [-0.25, -0.2) is 0 Å². The predicted molar refractivity (Wildman–Crippen MR) is 79.9 cm³/mol. The zero-order valence-corrected chi connectivity index (χ0v) is 12.5. The number of benzene rings is 1. The van der Waals surface area contributed by atoms with Crippen LogP contribution in [0.15, 0.2) is 24.3 Å². The SMILES string of the molecule is CC(=O)c1cc2c(cc1NC(=O)c1ccc(Cl)s1)OCO2. The molecular formula is C14H10ClNO4S. The maximum absolute atomic E-state index is 12.2. The van der Waals surface area contributed by atoms with Crippen molar-refractivity contribution in [2.45, 2.75) is 6.92 Å². The van der Waals surface area contributed by atoms with E-state index in [0.717, 1.165) is 0 Å². The lowest BCUT2D eigenvalue weighted by molar-refractivity contribution is 0.101. The molecule has 1 amide bonds. The van der Waals surface area contributed by atoms with E-state index in [-0.39, 0.29) is 18.5 Å². The van der Waals surface area contributed by atoms with Crippen LogP contribution in [0.4, 0.5) is 5.69 Å². The summed E-state index contributed by atoms with van der Waals surface area (Å²) < 4.78 is 11.0. The predicted octanol–water partition coefficient (Wildman–Crippen LogP) is 3.59. The third-order valence-electron chi connectivity index (χ3n) is 2.94. The van der Waals surface area contributed by atoms with Gasteiger partial charge in [-0.15, -0.1) is 11.3 Å². The largest absolute Gasteiger partial charge is 0.454 e. The molecule has 0 aliphatic carbocycles. The monoisotopic (exact) mass is 323 g/mol. The third kappa shape index (κ3) is 2.72. The number of fused-ring (bicyclic) bond motifs is 1. The summed E-state index contributed by atoms with van der Waals surface area (Å²) in [6.07, 6.45) is 0. The Morgan fingerprint density at radius 3 is 2.57 bits per heavy atom. The van der Waals surface area contributed by atoms with Crippen molar-refractivity contribution in [3.8, 4) is 11.5 Å². The number of thiophene rings is 1. The molecule has 108 valence electrons. The quantitative estimate of drug-likeness (QED) is 0.877. The van der Waals surface area contributed by atoms with Gasteiger partial charge in [0.15, 0.2) is 17.3 Å². The number of amides is 1. The summed E-state index contributed by atoms with van der Waals surface area (Å²) in [4.78, 5) is 24.3. The number of ether oxygens (including phenoxy) is 2. The van der Waals surface area contributed by atoms with E-state index < -0.39 is 0 Å². The van der Waals surface area contributed by atoms with E-state index in [1.54, 1.807) is 24.3 Å². The van der Waals surface area contributed by atoms with E-state index >= 15 is 0 Å². The first kappa shape index (κ1) is 13.9. The molecule has 5 nitrogen and oxygen atoms in total. The standard InChI is InChI=1S/C14H10ClNO4S/c1-7(17)8-4-10-11(20-6-19-10)5-9(8)16-14(18)12-2-3-13(15)21-12/h2-5H,6H2,1H3,(H,16,18). The summed E-state index contributed by atoms with van der Waals surface area (Å²) in [6.45, 7) is 1.53. The van der Waals surface area contributed by atoms with E-state index in [0.29, 0.717) is 32.0 Å². The normalized spacial score (nSPS) is 12.3. The van der Waals surface area contributed by atoms with Gasteiger partial charge in [-0.3, -0.25) is 9.59 Å². The van der Waals surface area contributed by atoms with Crippen molar-refractivity contribution in [1.82, 2.24) is 0 Å². The summed E-state index contributed by atoms with van der Waals surface area (Å²) >= 11 is 6.98. The number of halogens is 1. The minimum Gasteiger partial charge on any atom is -0.454 e. The molecule has 1 aliphatic rings. The van der Waals surface area contributed by atoms with Gasteiger partial charge in [0, 0.05) is 11.6 Å². The minimum absolute atomic E-state index is 0.102. The Morgan fingerprint density at radius 2 is 1.95 bits per heavy atom. The molecule has 0 radical (unpaired) electrons. The Hall–Kier alpha value is -2.05. The first-order valence-electron chi connectivity index (χ1n) is 6.06. The number of hydrogen-bond donors (Lipinski definition) is 1. The number of rotatable bonds is 3. The Morgan fingerprint density at radius 1 is 1.24 bits per heavy atom. The summed E-state index contributed by atoms with van der Waals surface area (Å²) in [5, 5.41) is 2.71. The summed E-state index contributed by atoms with van der Waals surface area (Å²) in [7, 11) is 0. The van der Waals surface area contributed by atoms with Gasteiger partial charge >= 0.3 is 0 Å². The van der Waals surface area contributed by atoms with Gasteiger partial charge in [-0.2, -0.15) is 0 Å². The summed E-state index contributed by atoms with van der Waals surface area (Å²) in [5.41, 5.74) is 0.761. The van der Waals surface area contributed by atoms with Crippen LogP contribution in [0.5, 0.6) is 11.5 Å². The maximum atomic E-state index is 12.2. The second-order valence-electron chi connectivity index (χ2n) is 4.37. The molecule has 7 heteroatoms. The van der Waals surface area contributed by atoms with Gasteiger partial charge in [0.05, 0.1) is 14.9 Å². The van der Waals surface area contributed by atoms with Gasteiger partial charge in [0.25, 0.3) is 5.91 Å². The number of ketones is 1. The van der Waals surface area contributed by atoms with Crippen LogP contribution in [0.2, 0.25) is 4.34 Å². The fraction of sp³-hybridized carbons (Fsp3) is 0.143. The van der Waals surface area contributed by atoms with Crippen LogP contribution in [0.25, 0.3) is 0 Å². The van der Waals surface area contributed by atoms with Crippen LogP contribution >= 0.6 is 22.9 Å². The highest BCUT2D eigenvalue weighted by Gasteiger charge is 2.21. The Bertz CT molecular complexity index is 741. The second kappa shape index (κ2) is 5.38. The van der Waals surface area contributed by atoms with E-state index in [1.165, 1.54) is 18.3 Å². The molecular weight excluding hydrogens is 314 g/mol. The smallest absolute Gasteiger partial charge is 0.265 e. The lowest BCUT2D eigenvalue weighted by Crippen LogP contribution is -2.13. The minimum atomic E-state index is -0.326. The molecule has 0 fully saturated rings. The number of carbonyl (C=O) groups excluding carboxylic acids is 2. The molecule has 21 heavy (non-hydrogen) atoms. The molecule has 0 bridgehead atoms.